The first-order valence-corrected chi connectivity index (χ1v) is 7.35. The lowest BCUT2D eigenvalue weighted by Gasteiger charge is -2.34. The molecule has 3 rings (SSSR count). The molecular weight excluding hydrogens is 298 g/mol. The van der Waals surface area contributed by atoms with Crippen molar-refractivity contribution in [1.82, 2.24) is 20.2 Å². The molecule has 23 heavy (non-hydrogen) atoms. The Labute approximate surface area is 133 Å². The van der Waals surface area contributed by atoms with Gasteiger partial charge in [0.2, 0.25) is 11.9 Å². The summed E-state index contributed by atoms with van der Waals surface area (Å²) in [5.41, 5.74) is 0. The molecule has 0 spiro atoms. The van der Waals surface area contributed by atoms with E-state index in [2.05, 4.69) is 15.3 Å². The average Bonchev–Trinajstić information content (AvgIpc) is 3.15. The molecule has 120 valence electrons. The van der Waals surface area contributed by atoms with Crippen LogP contribution in [0, 0.1) is 0 Å². The average molecular weight is 315 g/mol. The van der Waals surface area contributed by atoms with Gasteiger partial charge in [-0.05, 0) is 18.2 Å². The molecule has 0 aliphatic carbocycles. The minimum atomic E-state index is -0.389. The van der Waals surface area contributed by atoms with Gasteiger partial charge in [0.05, 0.1) is 12.8 Å². The molecule has 2 aromatic rings. The highest BCUT2D eigenvalue weighted by atomic mass is 16.3. The van der Waals surface area contributed by atoms with Crippen molar-refractivity contribution >= 4 is 17.8 Å². The van der Waals surface area contributed by atoms with Gasteiger partial charge in [0.25, 0.3) is 5.91 Å². The van der Waals surface area contributed by atoms with Crippen LogP contribution in [0.5, 0.6) is 0 Å². The zero-order valence-electron chi connectivity index (χ0n) is 12.5. The Kier molecular flexibility index (Phi) is 4.51. The van der Waals surface area contributed by atoms with Crippen molar-refractivity contribution < 1.29 is 14.0 Å². The van der Waals surface area contributed by atoms with Crippen LogP contribution in [-0.2, 0) is 4.79 Å². The Balaban J connectivity index is 1.46. The Bertz CT molecular complexity index is 651. The highest BCUT2D eigenvalue weighted by Gasteiger charge is 2.22. The summed E-state index contributed by atoms with van der Waals surface area (Å²) >= 11 is 0. The number of anilines is 1. The van der Waals surface area contributed by atoms with E-state index in [1.54, 1.807) is 35.5 Å². The lowest BCUT2D eigenvalue weighted by atomic mass is 10.3. The second-order valence-electron chi connectivity index (χ2n) is 5.08. The third-order valence-electron chi connectivity index (χ3n) is 3.61. The normalized spacial score (nSPS) is 14.6. The number of aromatic nitrogens is 2. The monoisotopic (exact) mass is 315 g/mol. The highest BCUT2D eigenvalue weighted by Crippen LogP contribution is 2.09. The molecule has 3 heterocycles. The molecule has 1 fully saturated rings. The fourth-order valence-corrected chi connectivity index (χ4v) is 2.37. The van der Waals surface area contributed by atoms with Gasteiger partial charge in [-0.2, -0.15) is 0 Å². The number of rotatable bonds is 4. The fraction of sp³-hybridized carbons (Fsp3) is 0.333. The third-order valence-corrected chi connectivity index (χ3v) is 3.61. The van der Waals surface area contributed by atoms with Gasteiger partial charge in [0, 0.05) is 38.6 Å². The van der Waals surface area contributed by atoms with E-state index in [4.69, 9.17) is 4.42 Å². The van der Waals surface area contributed by atoms with Gasteiger partial charge in [-0.1, -0.05) is 0 Å². The van der Waals surface area contributed by atoms with Crippen LogP contribution in [-0.4, -0.2) is 59.4 Å². The number of hydrogen-bond acceptors (Lipinski definition) is 6. The van der Waals surface area contributed by atoms with Crippen LogP contribution in [0.2, 0.25) is 0 Å². The van der Waals surface area contributed by atoms with Crippen LogP contribution >= 0.6 is 0 Å². The van der Waals surface area contributed by atoms with E-state index < -0.39 is 0 Å². The van der Waals surface area contributed by atoms with Crippen molar-refractivity contribution in [3.63, 3.8) is 0 Å². The number of hydrogen-bond donors (Lipinski definition) is 1. The van der Waals surface area contributed by atoms with Gasteiger partial charge in [0.15, 0.2) is 5.76 Å². The summed E-state index contributed by atoms with van der Waals surface area (Å²) in [5, 5.41) is 2.56. The van der Waals surface area contributed by atoms with Crippen molar-refractivity contribution in [1.29, 1.82) is 0 Å². The lowest BCUT2D eigenvalue weighted by molar-refractivity contribution is -0.130. The summed E-state index contributed by atoms with van der Waals surface area (Å²) in [6, 6.07) is 4.95. The molecule has 0 saturated carbocycles. The number of piperazine rings is 1. The SMILES string of the molecule is O=C(NCC(=O)N1CCN(c2ncccn2)CC1)c1ccco1. The molecular formula is C15H17N5O3. The first-order chi connectivity index (χ1) is 11.2. The molecule has 8 nitrogen and oxygen atoms in total. The number of furan rings is 1. The lowest BCUT2D eigenvalue weighted by Crippen LogP contribution is -2.51. The molecule has 0 radical (unpaired) electrons. The summed E-state index contributed by atoms with van der Waals surface area (Å²) in [5.74, 6) is 0.368. The number of nitrogens with one attached hydrogen (secondary N) is 1. The molecule has 0 bridgehead atoms. The van der Waals surface area contributed by atoms with E-state index in [1.165, 1.54) is 6.26 Å². The Morgan fingerprint density at radius 2 is 1.87 bits per heavy atom. The largest absolute Gasteiger partial charge is 0.459 e. The van der Waals surface area contributed by atoms with Crippen LogP contribution in [0.3, 0.4) is 0 Å². The van der Waals surface area contributed by atoms with E-state index in [0.29, 0.717) is 32.1 Å². The first kappa shape index (κ1) is 15.0. The second kappa shape index (κ2) is 6.91. The van der Waals surface area contributed by atoms with Crippen LogP contribution < -0.4 is 10.2 Å². The smallest absolute Gasteiger partial charge is 0.287 e. The predicted octanol–water partition coefficient (Wildman–Crippen LogP) is 0.148. The number of amides is 2. The molecule has 0 aromatic carbocycles. The maximum absolute atomic E-state index is 12.1. The van der Waals surface area contributed by atoms with E-state index in [9.17, 15) is 9.59 Å². The van der Waals surface area contributed by atoms with E-state index in [1.807, 2.05) is 4.90 Å². The molecule has 1 saturated heterocycles. The Hall–Kier alpha value is -2.90. The number of nitrogens with zero attached hydrogens (tertiary/aromatic N) is 4. The topological polar surface area (TPSA) is 91.6 Å². The predicted molar refractivity (Wildman–Crippen MR) is 81.9 cm³/mol. The van der Waals surface area contributed by atoms with Crippen LogP contribution in [0.15, 0.2) is 41.3 Å². The zero-order chi connectivity index (χ0) is 16.1. The van der Waals surface area contributed by atoms with Crippen LogP contribution in [0.1, 0.15) is 10.6 Å². The standard InChI is InChI=1S/C15H17N5O3/c21-13(11-18-14(22)12-3-1-10-23-12)19-6-8-20(9-7-19)15-16-4-2-5-17-15/h1-5,10H,6-9,11H2,(H,18,22). The van der Waals surface area contributed by atoms with Gasteiger partial charge in [0.1, 0.15) is 0 Å². The van der Waals surface area contributed by atoms with E-state index in [0.717, 1.165) is 0 Å². The van der Waals surface area contributed by atoms with Crippen LogP contribution in [0.4, 0.5) is 5.95 Å². The molecule has 0 atom stereocenters. The summed E-state index contributed by atoms with van der Waals surface area (Å²) in [4.78, 5) is 36.0. The first-order valence-electron chi connectivity index (χ1n) is 7.35. The van der Waals surface area contributed by atoms with E-state index in [-0.39, 0.29) is 24.1 Å². The summed E-state index contributed by atoms with van der Waals surface area (Å²) in [6.07, 6.45) is 4.82. The fourth-order valence-electron chi connectivity index (χ4n) is 2.37. The molecule has 8 heteroatoms. The highest BCUT2D eigenvalue weighted by molar-refractivity contribution is 5.94. The van der Waals surface area contributed by atoms with Gasteiger partial charge in [-0.15, -0.1) is 0 Å². The molecule has 2 aromatic heterocycles. The maximum Gasteiger partial charge on any atom is 0.287 e. The van der Waals surface area contributed by atoms with Gasteiger partial charge >= 0.3 is 0 Å². The second-order valence-corrected chi connectivity index (χ2v) is 5.08. The van der Waals surface area contributed by atoms with E-state index >= 15 is 0 Å². The summed E-state index contributed by atoms with van der Waals surface area (Å²) < 4.78 is 4.98. The number of carbonyl (C=O) groups is 2. The maximum atomic E-state index is 12.1. The van der Waals surface area contributed by atoms with Gasteiger partial charge < -0.3 is 19.5 Å². The number of carbonyl (C=O) groups excluding carboxylic acids is 2. The Morgan fingerprint density at radius 3 is 2.52 bits per heavy atom. The molecule has 1 aliphatic heterocycles. The third kappa shape index (κ3) is 3.65. The quantitative estimate of drug-likeness (QED) is 0.863. The van der Waals surface area contributed by atoms with Crippen molar-refractivity contribution in [3.05, 3.63) is 42.6 Å². The zero-order valence-corrected chi connectivity index (χ0v) is 12.5. The minimum absolute atomic E-state index is 0.0403. The van der Waals surface area contributed by atoms with Crippen molar-refractivity contribution in [2.75, 3.05) is 37.6 Å². The van der Waals surface area contributed by atoms with Crippen molar-refractivity contribution in [2.24, 2.45) is 0 Å². The minimum Gasteiger partial charge on any atom is -0.459 e. The van der Waals surface area contributed by atoms with Crippen molar-refractivity contribution in [2.45, 2.75) is 0 Å². The van der Waals surface area contributed by atoms with Gasteiger partial charge in [-0.3, -0.25) is 9.59 Å². The summed E-state index contributed by atoms with van der Waals surface area (Å²) in [7, 11) is 0. The molecule has 2 amide bonds. The van der Waals surface area contributed by atoms with Gasteiger partial charge in [-0.25, -0.2) is 9.97 Å². The van der Waals surface area contributed by atoms with Crippen molar-refractivity contribution in [3.8, 4) is 0 Å². The Morgan fingerprint density at radius 1 is 1.13 bits per heavy atom. The van der Waals surface area contributed by atoms with Crippen LogP contribution in [0.25, 0.3) is 0 Å². The molecule has 0 unspecified atom stereocenters. The molecule has 1 aliphatic rings. The molecule has 1 N–H and O–H groups in total. The summed E-state index contributed by atoms with van der Waals surface area (Å²) in [6.45, 7) is 2.45.